The number of benzene rings is 1. The van der Waals surface area contributed by atoms with Crippen LogP contribution in [-0.4, -0.2) is 35.8 Å². The zero-order valence-electron chi connectivity index (χ0n) is 12.3. The molecule has 0 aromatic heterocycles. The molecule has 1 atom stereocenters. The molecule has 1 unspecified atom stereocenters. The predicted molar refractivity (Wildman–Crippen MR) is 80.5 cm³/mol. The molecule has 0 bridgehead atoms. The van der Waals surface area contributed by atoms with Gasteiger partial charge in [0, 0.05) is 30.8 Å². The van der Waals surface area contributed by atoms with E-state index in [2.05, 4.69) is 10.6 Å². The maximum absolute atomic E-state index is 11.4. The van der Waals surface area contributed by atoms with Gasteiger partial charge in [0.25, 0.3) is 0 Å². The van der Waals surface area contributed by atoms with E-state index in [-0.39, 0.29) is 12.5 Å². The third-order valence-corrected chi connectivity index (χ3v) is 3.88. The van der Waals surface area contributed by atoms with Crippen LogP contribution in [-0.2, 0) is 11.2 Å². The SMILES string of the molecule is CC(O)(CNC1CC1)COc1ccc2c(c1)NC(=O)CC2. The van der Waals surface area contributed by atoms with Crippen molar-refractivity contribution in [2.24, 2.45) is 0 Å². The Morgan fingerprint density at radius 1 is 1.43 bits per heavy atom. The topological polar surface area (TPSA) is 70.6 Å². The lowest BCUT2D eigenvalue weighted by atomic mass is 10.0. The van der Waals surface area contributed by atoms with Crippen LogP contribution < -0.4 is 15.4 Å². The van der Waals surface area contributed by atoms with E-state index in [1.807, 2.05) is 18.2 Å². The molecule has 1 aromatic rings. The fourth-order valence-corrected chi connectivity index (χ4v) is 2.38. The summed E-state index contributed by atoms with van der Waals surface area (Å²) in [4.78, 5) is 11.4. The summed E-state index contributed by atoms with van der Waals surface area (Å²) in [6.07, 6.45) is 3.70. The monoisotopic (exact) mass is 290 g/mol. The van der Waals surface area contributed by atoms with Crippen molar-refractivity contribution < 1.29 is 14.6 Å². The summed E-state index contributed by atoms with van der Waals surface area (Å²) in [6, 6.07) is 6.26. The van der Waals surface area contributed by atoms with E-state index in [0.717, 1.165) is 17.7 Å². The molecule has 1 aliphatic heterocycles. The van der Waals surface area contributed by atoms with Crippen LogP contribution in [0.3, 0.4) is 0 Å². The zero-order chi connectivity index (χ0) is 14.9. The van der Waals surface area contributed by atoms with E-state index in [1.54, 1.807) is 6.92 Å². The number of aliphatic hydroxyl groups is 1. The molecule has 21 heavy (non-hydrogen) atoms. The Labute approximate surface area is 124 Å². The van der Waals surface area contributed by atoms with Crippen molar-refractivity contribution in [3.05, 3.63) is 23.8 Å². The fourth-order valence-electron chi connectivity index (χ4n) is 2.38. The minimum Gasteiger partial charge on any atom is -0.490 e. The number of anilines is 1. The molecule has 2 aliphatic rings. The van der Waals surface area contributed by atoms with Crippen molar-refractivity contribution in [2.45, 2.75) is 44.2 Å². The number of amides is 1. The van der Waals surface area contributed by atoms with Crippen molar-refractivity contribution in [2.75, 3.05) is 18.5 Å². The van der Waals surface area contributed by atoms with Gasteiger partial charge in [-0.15, -0.1) is 0 Å². The average molecular weight is 290 g/mol. The van der Waals surface area contributed by atoms with Gasteiger partial charge >= 0.3 is 0 Å². The molecule has 5 nitrogen and oxygen atoms in total. The van der Waals surface area contributed by atoms with Crippen LogP contribution in [0.1, 0.15) is 31.7 Å². The van der Waals surface area contributed by atoms with Gasteiger partial charge in [0.15, 0.2) is 0 Å². The van der Waals surface area contributed by atoms with Gasteiger partial charge in [-0.25, -0.2) is 0 Å². The van der Waals surface area contributed by atoms with Crippen molar-refractivity contribution in [1.82, 2.24) is 5.32 Å². The van der Waals surface area contributed by atoms with E-state index in [9.17, 15) is 9.90 Å². The van der Waals surface area contributed by atoms with Gasteiger partial charge in [-0.3, -0.25) is 4.79 Å². The Morgan fingerprint density at radius 3 is 3.00 bits per heavy atom. The minimum absolute atomic E-state index is 0.0419. The summed E-state index contributed by atoms with van der Waals surface area (Å²) in [6.45, 7) is 2.52. The average Bonchev–Trinajstić information content (AvgIpc) is 3.27. The van der Waals surface area contributed by atoms with E-state index >= 15 is 0 Å². The first kappa shape index (κ1) is 14.4. The molecule has 1 fully saturated rings. The summed E-state index contributed by atoms with van der Waals surface area (Å²) >= 11 is 0. The molecule has 0 spiro atoms. The zero-order valence-corrected chi connectivity index (χ0v) is 12.3. The smallest absolute Gasteiger partial charge is 0.224 e. The third-order valence-electron chi connectivity index (χ3n) is 3.88. The van der Waals surface area contributed by atoms with Crippen molar-refractivity contribution in [1.29, 1.82) is 0 Å². The molecule has 1 heterocycles. The van der Waals surface area contributed by atoms with E-state index in [1.165, 1.54) is 12.8 Å². The number of hydrogen-bond acceptors (Lipinski definition) is 4. The molecule has 1 amide bonds. The first-order valence-electron chi connectivity index (χ1n) is 7.53. The number of hydrogen-bond donors (Lipinski definition) is 3. The normalized spacial score (nSPS) is 20.4. The standard InChI is InChI=1S/C16H22N2O3/c1-16(20,9-17-12-4-5-12)10-21-13-6-2-11-3-7-15(19)18-14(11)8-13/h2,6,8,12,17,20H,3-5,7,9-10H2,1H3,(H,18,19). The second kappa shape index (κ2) is 5.66. The highest BCUT2D eigenvalue weighted by atomic mass is 16.5. The molecular weight excluding hydrogens is 268 g/mol. The quantitative estimate of drug-likeness (QED) is 0.741. The fraction of sp³-hybridized carbons (Fsp3) is 0.562. The van der Waals surface area contributed by atoms with Gasteiger partial charge in [-0.05, 0) is 37.8 Å². The van der Waals surface area contributed by atoms with Gasteiger partial charge in [-0.1, -0.05) is 6.07 Å². The van der Waals surface area contributed by atoms with Gasteiger partial charge in [0.05, 0.1) is 0 Å². The van der Waals surface area contributed by atoms with Crippen molar-refractivity contribution >= 4 is 11.6 Å². The summed E-state index contributed by atoms with van der Waals surface area (Å²) < 4.78 is 5.68. The van der Waals surface area contributed by atoms with E-state index < -0.39 is 5.60 Å². The lowest BCUT2D eigenvalue weighted by Gasteiger charge is -2.24. The Morgan fingerprint density at radius 2 is 2.24 bits per heavy atom. The molecule has 3 N–H and O–H groups in total. The number of fused-ring (bicyclic) bond motifs is 1. The highest BCUT2D eigenvalue weighted by Gasteiger charge is 2.27. The molecule has 1 aliphatic carbocycles. The molecule has 3 rings (SSSR count). The molecule has 114 valence electrons. The van der Waals surface area contributed by atoms with Gasteiger partial charge in [0.2, 0.25) is 5.91 Å². The molecule has 5 heteroatoms. The van der Waals surface area contributed by atoms with E-state index in [0.29, 0.717) is 24.8 Å². The van der Waals surface area contributed by atoms with Gasteiger partial charge in [0.1, 0.15) is 18.0 Å². The Kier molecular flexibility index (Phi) is 3.87. The maximum Gasteiger partial charge on any atom is 0.224 e. The number of rotatable bonds is 6. The molecular formula is C16H22N2O3. The minimum atomic E-state index is -0.901. The first-order valence-corrected chi connectivity index (χ1v) is 7.53. The van der Waals surface area contributed by atoms with E-state index in [4.69, 9.17) is 4.74 Å². The van der Waals surface area contributed by atoms with Crippen LogP contribution in [0.2, 0.25) is 0 Å². The maximum atomic E-state index is 11.4. The Hall–Kier alpha value is -1.59. The van der Waals surface area contributed by atoms with Crippen LogP contribution in [0.4, 0.5) is 5.69 Å². The third kappa shape index (κ3) is 3.95. The molecule has 1 saturated carbocycles. The summed E-state index contributed by atoms with van der Waals surface area (Å²) in [7, 11) is 0. The summed E-state index contributed by atoms with van der Waals surface area (Å²) in [5.74, 6) is 0.711. The molecule has 1 aromatic carbocycles. The second-order valence-electron chi connectivity index (χ2n) is 6.31. The number of nitrogens with one attached hydrogen (secondary N) is 2. The highest BCUT2D eigenvalue weighted by Crippen LogP contribution is 2.27. The number of carbonyl (C=O) groups excluding carboxylic acids is 1. The first-order chi connectivity index (χ1) is 10.0. The lowest BCUT2D eigenvalue weighted by molar-refractivity contribution is -0.116. The molecule has 0 radical (unpaired) electrons. The molecule has 0 saturated heterocycles. The summed E-state index contributed by atoms with van der Waals surface area (Å²) in [5.41, 5.74) is 1.05. The van der Waals surface area contributed by atoms with Crippen molar-refractivity contribution in [3.8, 4) is 5.75 Å². The summed E-state index contributed by atoms with van der Waals surface area (Å²) in [5, 5.41) is 16.4. The predicted octanol–water partition coefficient (Wildman–Crippen LogP) is 1.45. The van der Waals surface area contributed by atoms with Crippen LogP contribution in [0.5, 0.6) is 5.75 Å². The lowest BCUT2D eigenvalue weighted by Crippen LogP contribution is -2.43. The number of carbonyl (C=O) groups is 1. The Bertz CT molecular complexity index is 538. The largest absolute Gasteiger partial charge is 0.490 e. The van der Waals surface area contributed by atoms with Crippen LogP contribution in [0.15, 0.2) is 18.2 Å². The second-order valence-corrected chi connectivity index (χ2v) is 6.31. The number of aryl methyl sites for hydroxylation is 1. The van der Waals surface area contributed by atoms with Gasteiger partial charge < -0.3 is 20.5 Å². The highest BCUT2D eigenvalue weighted by molar-refractivity contribution is 5.94. The van der Waals surface area contributed by atoms with Crippen LogP contribution >= 0.6 is 0 Å². The van der Waals surface area contributed by atoms with Crippen LogP contribution in [0.25, 0.3) is 0 Å². The van der Waals surface area contributed by atoms with Crippen LogP contribution in [0, 0.1) is 0 Å². The Balaban J connectivity index is 1.57. The van der Waals surface area contributed by atoms with Crippen molar-refractivity contribution in [3.63, 3.8) is 0 Å². The van der Waals surface area contributed by atoms with Gasteiger partial charge in [-0.2, -0.15) is 0 Å². The number of ether oxygens (including phenoxy) is 1.